The number of likely N-dealkylation sites (N-methyl/N-ethyl adjacent to an activating group) is 1. The molecule has 1 fully saturated rings. The molecule has 0 spiro atoms. The van der Waals surface area contributed by atoms with Crippen LogP contribution >= 0.6 is 11.3 Å². The Morgan fingerprint density at radius 1 is 1.40 bits per heavy atom. The predicted molar refractivity (Wildman–Crippen MR) is 83.4 cm³/mol. The zero-order valence-electron chi connectivity index (χ0n) is 13.1. The van der Waals surface area contributed by atoms with Crippen LogP contribution in [0.1, 0.15) is 37.4 Å². The molecule has 1 aromatic rings. The van der Waals surface area contributed by atoms with Crippen molar-refractivity contribution in [2.45, 2.75) is 39.3 Å². The molecule has 1 aliphatic rings. The Kier molecular flexibility index (Phi) is 4.07. The van der Waals surface area contributed by atoms with Crippen molar-refractivity contribution in [2.24, 2.45) is 0 Å². The van der Waals surface area contributed by atoms with Crippen LogP contribution in [0.25, 0.3) is 0 Å². The highest BCUT2D eigenvalue weighted by molar-refractivity contribution is 7.15. The molecule has 1 aliphatic heterocycles. The van der Waals surface area contributed by atoms with E-state index in [1.165, 1.54) is 4.88 Å². The first-order chi connectivity index (χ1) is 9.28. The van der Waals surface area contributed by atoms with Gasteiger partial charge in [0.2, 0.25) is 5.91 Å². The molecule has 6 heteroatoms. The summed E-state index contributed by atoms with van der Waals surface area (Å²) in [4.78, 5) is 22.2. The summed E-state index contributed by atoms with van der Waals surface area (Å²) in [6, 6.07) is 0.285. The second-order valence-electron chi connectivity index (χ2n) is 5.89. The fourth-order valence-electron chi connectivity index (χ4n) is 2.59. The summed E-state index contributed by atoms with van der Waals surface area (Å²) in [5.74, 6) is 0.153. The highest BCUT2D eigenvalue weighted by atomic mass is 32.1. The van der Waals surface area contributed by atoms with Crippen LogP contribution in [-0.4, -0.2) is 48.5 Å². The molecule has 1 unspecified atom stereocenters. The van der Waals surface area contributed by atoms with Gasteiger partial charge in [0.05, 0.1) is 5.69 Å². The Hall–Kier alpha value is -1.14. The molecule has 1 aromatic heterocycles. The number of rotatable bonds is 3. The van der Waals surface area contributed by atoms with Crippen molar-refractivity contribution in [3.05, 3.63) is 10.6 Å². The number of carbonyl (C=O) groups excluding carboxylic acids is 1. The number of nitrogens with one attached hydrogen (secondary N) is 1. The topological polar surface area (TPSA) is 48.5 Å². The van der Waals surface area contributed by atoms with Crippen molar-refractivity contribution in [1.29, 1.82) is 0 Å². The number of hydrogen-bond acceptors (Lipinski definition) is 5. The highest BCUT2D eigenvalue weighted by Crippen LogP contribution is 2.35. The van der Waals surface area contributed by atoms with Gasteiger partial charge in [-0.2, -0.15) is 0 Å². The highest BCUT2D eigenvalue weighted by Gasteiger charge is 2.42. The van der Waals surface area contributed by atoms with Crippen LogP contribution in [0.4, 0.5) is 5.13 Å². The van der Waals surface area contributed by atoms with Crippen molar-refractivity contribution in [1.82, 2.24) is 15.2 Å². The van der Waals surface area contributed by atoms with Gasteiger partial charge in [-0.1, -0.05) is 11.3 Å². The molecule has 0 radical (unpaired) electrons. The molecule has 2 heterocycles. The monoisotopic (exact) mass is 296 g/mol. The van der Waals surface area contributed by atoms with E-state index in [1.807, 2.05) is 34.9 Å². The van der Waals surface area contributed by atoms with Gasteiger partial charge in [-0.15, -0.1) is 0 Å². The molecule has 5 nitrogen and oxygen atoms in total. The van der Waals surface area contributed by atoms with Gasteiger partial charge >= 0.3 is 0 Å². The minimum absolute atomic E-state index is 0.153. The molecule has 112 valence electrons. The maximum Gasteiger partial charge on any atom is 0.247 e. The summed E-state index contributed by atoms with van der Waals surface area (Å²) >= 11 is 1.69. The van der Waals surface area contributed by atoms with E-state index in [2.05, 4.69) is 17.1 Å². The number of carbonyl (C=O) groups is 1. The molecule has 1 atom stereocenters. The van der Waals surface area contributed by atoms with Crippen molar-refractivity contribution in [3.8, 4) is 0 Å². The summed E-state index contributed by atoms with van der Waals surface area (Å²) in [7, 11) is 3.82. The lowest BCUT2D eigenvalue weighted by Crippen LogP contribution is -2.62. The third kappa shape index (κ3) is 2.42. The number of amides is 1. The normalized spacial score (nSPS) is 20.4. The van der Waals surface area contributed by atoms with Crippen LogP contribution in [0.3, 0.4) is 0 Å². The van der Waals surface area contributed by atoms with Gasteiger partial charge in [-0.3, -0.25) is 4.79 Å². The number of anilines is 1. The molecule has 0 aromatic carbocycles. The molecule has 1 amide bonds. The molecule has 0 aliphatic carbocycles. The van der Waals surface area contributed by atoms with Crippen LogP contribution in [0.15, 0.2) is 0 Å². The minimum Gasteiger partial charge on any atom is -0.342 e. The zero-order chi connectivity index (χ0) is 15.1. The maximum atomic E-state index is 12.4. The Balaban J connectivity index is 2.34. The Morgan fingerprint density at radius 2 is 2.05 bits per heavy atom. The van der Waals surface area contributed by atoms with Crippen molar-refractivity contribution < 1.29 is 4.79 Å². The molecule has 20 heavy (non-hydrogen) atoms. The lowest BCUT2D eigenvalue weighted by Gasteiger charge is -2.44. The summed E-state index contributed by atoms with van der Waals surface area (Å²) < 4.78 is 0. The van der Waals surface area contributed by atoms with Gasteiger partial charge in [0, 0.05) is 31.1 Å². The average molecular weight is 296 g/mol. The van der Waals surface area contributed by atoms with Gasteiger partial charge in [0.25, 0.3) is 0 Å². The SMILES string of the molecule is CNC(C)c1sc(N2CCN(C)C(=O)C2(C)C)nc1C. The number of piperazine rings is 1. The number of hydrogen-bond donors (Lipinski definition) is 1. The van der Waals surface area contributed by atoms with Crippen molar-refractivity contribution in [3.63, 3.8) is 0 Å². The van der Waals surface area contributed by atoms with E-state index in [4.69, 9.17) is 4.98 Å². The van der Waals surface area contributed by atoms with Crippen LogP contribution in [0.2, 0.25) is 0 Å². The smallest absolute Gasteiger partial charge is 0.247 e. The van der Waals surface area contributed by atoms with E-state index >= 15 is 0 Å². The van der Waals surface area contributed by atoms with E-state index in [9.17, 15) is 4.79 Å². The molecule has 0 bridgehead atoms. The first kappa shape index (κ1) is 15.3. The average Bonchev–Trinajstić information content (AvgIpc) is 2.77. The molecular formula is C14H24N4OS. The zero-order valence-corrected chi connectivity index (χ0v) is 14.0. The Morgan fingerprint density at radius 3 is 2.65 bits per heavy atom. The molecule has 1 N–H and O–H groups in total. The van der Waals surface area contributed by atoms with Crippen LogP contribution in [-0.2, 0) is 4.79 Å². The van der Waals surface area contributed by atoms with Gasteiger partial charge in [-0.05, 0) is 34.7 Å². The molecule has 1 saturated heterocycles. The molecule has 0 saturated carbocycles. The standard InChI is InChI=1S/C14H24N4OS/c1-9(15-5)11-10(2)16-13(20-11)18-8-7-17(6)12(19)14(18,3)4/h9,15H,7-8H2,1-6H3. The van der Waals surface area contributed by atoms with E-state index < -0.39 is 5.54 Å². The van der Waals surface area contributed by atoms with Gasteiger partial charge in [0.1, 0.15) is 5.54 Å². The summed E-state index contributed by atoms with van der Waals surface area (Å²) in [5, 5.41) is 4.20. The largest absolute Gasteiger partial charge is 0.342 e. The first-order valence-corrected chi connectivity index (χ1v) is 7.78. The predicted octanol–water partition coefficient (Wildman–Crippen LogP) is 1.79. The lowest BCUT2D eigenvalue weighted by molar-refractivity contribution is -0.136. The third-order valence-corrected chi connectivity index (χ3v) is 5.45. The van der Waals surface area contributed by atoms with Gasteiger partial charge in [-0.25, -0.2) is 4.98 Å². The number of aromatic nitrogens is 1. The quantitative estimate of drug-likeness (QED) is 0.924. The Labute approximate surface area is 125 Å². The Bertz CT molecular complexity index is 511. The summed E-state index contributed by atoms with van der Waals surface area (Å²) in [5.41, 5.74) is 0.520. The fraction of sp³-hybridized carbons (Fsp3) is 0.714. The van der Waals surface area contributed by atoms with Crippen LogP contribution in [0.5, 0.6) is 0 Å². The van der Waals surface area contributed by atoms with Crippen molar-refractivity contribution in [2.75, 3.05) is 32.1 Å². The number of aryl methyl sites for hydroxylation is 1. The lowest BCUT2D eigenvalue weighted by atomic mass is 9.99. The number of thiazole rings is 1. The molecule has 2 rings (SSSR count). The maximum absolute atomic E-state index is 12.4. The van der Waals surface area contributed by atoms with Crippen molar-refractivity contribution >= 4 is 22.4 Å². The summed E-state index contributed by atoms with van der Waals surface area (Å²) in [6.45, 7) is 9.69. The van der Waals surface area contributed by atoms with Crippen LogP contribution < -0.4 is 10.2 Å². The second-order valence-corrected chi connectivity index (χ2v) is 6.90. The molecular weight excluding hydrogens is 272 g/mol. The van der Waals surface area contributed by atoms with E-state index in [1.54, 1.807) is 16.2 Å². The van der Waals surface area contributed by atoms with Gasteiger partial charge < -0.3 is 15.1 Å². The minimum atomic E-state index is -0.530. The van der Waals surface area contributed by atoms with Gasteiger partial charge in [0.15, 0.2) is 5.13 Å². The van der Waals surface area contributed by atoms with E-state index in [0.717, 1.165) is 23.9 Å². The third-order valence-electron chi connectivity index (χ3n) is 4.08. The first-order valence-electron chi connectivity index (χ1n) is 6.96. The van der Waals surface area contributed by atoms with Crippen LogP contribution in [0, 0.1) is 6.92 Å². The van der Waals surface area contributed by atoms with E-state index in [0.29, 0.717) is 0 Å². The van der Waals surface area contributed by atoms with E-state index in [-0.39, 0.29) is 11.9 Å². The fourth-order valence-corrected chi connectivity index (χ4v) is 3.89. The summed E-state index contributed by atoms with van der Waals surface area (Å²) in [6.07, 6.45) is 0. The second kappa shape index (κ2) is 5.33. The number of nitrogens with zero attached hydrogens (tertiary/aromatic N) is 3.